The van der Waals surface area contributed by atoms with Gasteiger partial charge in [0, 0.05) is 32.1 Å². The predicted molar refractivity (Wildman–Crippen MR) is 54.1 cm³/mol. The van der Waals surface area contributed by atoms with E-state index in [2.05, 4.69) is 14.9 Å². The molecule has 1 unspecified atom stereocenters. The number of rotatable bonds is 3. The van der Waals surface area contributed by atoms with Gasteiger partial charge in [-0.1, -0.05) is 0 Å². The Hall–Kier alpha value is -1.16. The highest BCUT2D eigenvalue weighted by atomic mass is 16.3. The maximum absolute atomic E-state index is 8.83. The van der Waals surface area contributed by atoms with Crippen LogP contribution in [-0.2, 0) is 0 Å². The molecular formula is C10H15N3O. The molecule has 2 rings (SSSR count). The summed E-state index contributed by atoms with van der Waals surface area (Å²) in [5.74, 6) is 1.41. The lowest BCUT2D eigenvalue weighted by molar-refractivity contribution is 0.263. The highest BCUT2D eigenvalue weighted by Crippen LogP contribution is 2.22. The summed E-state index contributed by atoms with van der Waals surface area (Å²) in [7, 11) is 0. The van der Waals surface area contributed by atoms with Crippen molar-refractivity contribution in [2.24, 2.45) is 5.92 Å². The lowest BCUT2D eigenvalue weighted by Crippen LogP contribution is -2.22. The molecule has 0 spiro atoms. The third-order valence-electron chi connectivity index (χ3n) is 2.66. The average molecular weight is 193 g/mol. The molecule has 1 N–H and O–H groups in total. The number of hydrogen-bond donors (Lipinski definition) is 1. The van der Waals surface area contributed by atoms with E-state index in [1.807, 2.05) is 6.07 Å². The molecule has 1 saturated heterocycles. The van der Waals surface area contributed by atoms with Crippen molar-refractivity contribution in [3.8, 4) is 0 Å². The van der Waals surface area contributed by atoms with Crippen molar-refractivity contribution >= 4 is 5.95 Å². The summed E-state index contributed by atoms with van der Waals surface area (Å²) >= 11 is 0. The normalized spacial score (nSPS) is 21.5. The molecule has 0 amide bonds. The van der Waals surface area contributed by atoms with E-state index in [1.165, 1.54) is 0 Å². The van der Waals surface area contributed by atoms with Crippen molar-refractivity contribution in [2.45, 2.75) is 12.8 Å². The van der Waals surface area contributed by atoms with Gasteiger partial charge in [-0.3, -0.25) is 0 Å². The van der Waals surface area contributed by atoms with Gasteiger partial charge in [-0.15, -0.1) is 0 Å². The monoisotopic (exact) mass is 193 g/mol. The van der Waals surface area contributed by atoms with Gasteiger partial charge in [0.1, 0.15) is 0 Å². The molecule has 14 heavy (non-hydrogen) atoms. The highest BCUT2D eigenvalue weighted by molar-refractivity contribution is 5.30. The zero-order valence-corrected chi connectivity index (χ0v) is 8.13. The fourth-order valence-electron chi connectivity index (χ4n) is 1.89. The van der Waals surface area contributed by atoms with Gasteiger partial charge in [-0.25, -0.2) is 9.97 Å². The van der Waals surface area contributed by atoms with Crippen LogP contribution < -0.4 is 4.90 Å². The molecular weight excluding hydrogens is 178 g/mol. The first kappa shape index (κ1) is 9.40. The maximum atomic E-state index is 8.83. The first-order chi connectivity index (χ1) is 6.90. The first-order valence-corrected chi connectivity index (χ1v) is 5.03. The van der Waals surface area contributed by atoms with Crippen LogP contribution in [0.5, 0.6) is 0 Å². The van der Waals surface area contributed by atoms with E-state index in [4.69, 9.17) is 5.11 Å². The molecule has 0 bridgehead atoms. The second-order valence-electron chi connectivity index (χ2n) is 3.66. The van der Waals surface area contributed by atoms with Crippen LogP contribution in [0.3, 0.4) is 0 Å². The SMILES string of the molecule is OCCC1CCN(c2ncccn2)C1. The molecule has 1 aliphatic heterocycles. The summed E-state index contributed by atoms with van der Waals surface area (Å²) in [6.45, 7) is 2.27. The molecule has 4 heteroatoms. The van der Waals surface area contributed by atoms with E-state index in [-0.39, 0.29) is 6.61 Å². The summed E-state index contributed by atoms with van der Waals surface area (Å²) < 4.78 is 0. The Morgan fingerprint density at radius 2 is 2.21 bits per heavy atom. The summed E-state index contributed by atoms with van der Waals surface area (Å²) in [6.07, 6.45) is 5.56. The quantitative estimate of drug-likeness (QED) is 0.767. The van der Waals surface area contributed by atoms with E-state index in [9.17, 15) is 0 Å². The van der Waals surface area contributed by atoms with E-state index in [0.717, 1.165) is 31.9 Å². The van der Waals surface area contributed by atoms with E-state index < -0.39 is 0 Å². The second-order valence-corrected chi connectivity index (χ2v) is 3.66. The Balaban J connectivity index is 1.96. The molecule has 76 valence electrons. The van der Waals surface area contributed by atoms with Gasteiger partial charge in [-0.05, 0) is 24.8 Å². The molecule has 0 aliphatic carbocycles. The van der Waals surface area contributed by atoms with Gasteiger partial charge >= 0.3 is 0 Å². The minimum atomic E-state index is 0.286. The van der Waals surface area contributed by atoms with Gasteiger partial charge in [0.15, 0.2) is 0 Å². The second kappa shape index (κ2) is 4.37. The van der Waals surface area contributed by atoms with Crippen LogP contribution in [0.1, 0.15) is 12.8 Å². The van der Waals surface area contributed by atoms with Crippen LogP contribution >= 0.6 is 0 Å². The minimum Gasteiger partial charge on any atom is -0.396 e. The Labute approximate surface area is 83.6 Å². The molecule has 1 aromatic rings. The van der Waals surface area contributed by atoms with Crippen molar-refractivity contribution in [3.05, 3.63) is 18.5 Å². The Morgan fingerprint density at radius 1 is 1.43 bits per heavy atom. The molecule has 1 atom stereocenters. The van der Waals surface area contributed by atoms with Crippen LogP contribution in [0.25, 0.3) is 0 Å². The third-order valence-corrected chi connectivity index (χ3v) is 2.66. The zero-order valence-electron chi connectivity index (χ0n) is 8.13. The topological polar surface area (TPSA) is 49.2 Å². The van der Waals surface area contributed by atoms with Crippen LogP contribution in [0.15, 0.2) is 18.5 Å². The molecule has 1 aliphatic rings. The van der Waals surface area contributed by atoms with Crippen molar-refractivity contribution in [1.82, 2.24) is 9.97 Å². The van der Waals surface area contributed by atoms with Gasteiger partial charge in [0.2, 0.25) is 5.95 Å². The highest BCUT2D eigenvalue weighted by Gasteiger charge is 2.23. The number of aromatic nitrogens is 2. The Bertz CT molecular complexity index is 278. The zero-order chi connectivity index (χ0) is 9.80. The van der Waals surface area contributed by atoms with Gasteiger partial charge in [0.25, 0.3) is 0 Å². The summed E-state index contributed by atoms with van der Waals surface area (Å²) in [5, 5.41) is 8.83. The average Bonchev–Trinajstić information content (AvgIpc) is 2.68. The number of nitrogens with zero attached hydrogens (tertiary/aromatic N) is 3. The van der Waals surface area contributed by atoms with Gasteiger partial charge in [0.05, 0.1) is 0 Å². The van der Waals surface area contributed by atoms with Crippen LogP contribution in [0.2, 0.25) is 0 Å². The molecule has 2 heterocycles. The van der Waals surface area contributed by atoms with Crippen molar-refractivity contribution in [3.63, 3.8) is 0 Å². The van der Waals surface area contributed by atoms with Gasteiger partial charge < -0.3 is 10.0 Å². The smallest absolute Gasteiger partial charge is 0.225 e. The Kier molecular flexibility index (Phi) is 2.93. The number of aliphatic hydroxyl groups is 1. The number of aliphatic hydroxyl groups excluding tert-OH is 1. The van der Waals surface area contributed by atoms with Crippen molar-refractivity contribution in [1.29, 1.82) is 0 Å². The standard InChI is InChI=1S/C10H15N3O/c14-7-3-9-2-6-13(8-9)10-11-4-1-5-12-10/h1,4-5,9,14H,2-3,6-8H2. The summed E-state index contributed by atoms with van der Waals surface area (Å²) in [4.78, 5) is 10.6. The summed E-state index contributed by atoms with van der Waals surface area (Å²) in [5.41, 5.74) is 0. The minimum absolute atomic E-state index is 0.286. The van der Waals surface area contributed by atoms with Crippen LogP contribution in [0, 0.1) is 5.92 Å². The number of anilines is 1. The van der Waals surface area contributed by atoms with Crippen LogP contribution in [-0.4, -0.2) is 34.8 Å². The van der Waals surface area contributed by atoms with Crippen molar-refractivity contribution < 1.29 is 5.11 Å². The lowest BCUT2D eigenvalue weighted by Gasteiger charge is -2.15. The maximum Gasteiger partial charge on any atom is 0.225 e. The fourth-order valence-corrected chi connectivity index (χ4v) is 1.89. The molecule has 0 aromatic carbocycles. The predicted octanol–water partition coefficient (Wildman–Crippen LogP) is 0.685. The third kappa shape index (κ3) is 2.01. The fraction of sp³-hybridized carbons (Fsp3) is 0.600. The van der Waals surface area contributed by atoms with Crippen molar-refractivity contribution in [2.75, 3.05) is 24.6 Å². The molecule has 0 radical (unpaired) electrons. The first-order valence-electron chi connectivity index (χ1n) is 5.03. The van der Waals surface area contributed by atoms with Crippen LogP contribution in [0.4, 0.5) is 5.95 Å². The Morgan fingerprint density at radius 3 is 2.93 bits per heavy atom. The molecule has 4 nitrogen and oxygen atoms in total. The largest absolute Gasteiger partial charge is 0.396 e. The summed E-state index contributed by atoms with van der Waals surface area (Å²) in [6, 6.07) is 1.82. The lowest BCUT2D eigenvalue weighted by atomic mass is 10.1. The molecule has 1 aromatic heterocycles. The van der Waals surface area contributed by atoms with E-state index >= 15 is 0 Å². The molecule has 1 fully saturated rings. The molecule has 0 saturated carbocycles. The van der Waals surface area contributed by atoms with Gasteiger partial charge in [-0.2, -0.15) is 0 Å². The van der Waals surface area contributed by atoms with E-state index in [1.54, 1.807) is 12.4 Å². The number of hydrogen-bond acceptors (Lipinski definition) is 4. The van der Waals surface area contributed by atoms with E-state index in [0.29, 0.717) is 5.92 Å².